The van der Waals surface area contributed by atoms with Crippen LogP contribution in [0.1, 0.15) is 39.0 Å². The molecule has 1 aliphatic carbocycles. The zero-order valence-corrected chi connectivity index (χ0v) is 7.18. The van der Waals surface area contributed by atoms with Crippen LogP contribution in [0, 0.1) is 11.8 Å². The molecule has 1 fully saturated rings. The Balaban J connectivity index is 2.26. The second kappa shape index (κ2) is 3.74. The van der Waals surface area contributed by atoms with E-state index in [0.29, 0.717) is 5.92 Å². The summed E-state index contributed by atoms with van der Waals surface area (Å²) in [5.74, 6) is 0.745. The Hall–Kier alpha value is -0.530. The zero-order valence-electron chi connectivity index (χ0n) is 7.18. The van der Waals surface area contributed by atoms with Crippen molar-refractivity contribution in [2.45, 2.75) is 39.0 Å². The summed E-state index contributed by atoms with van der Waals surface area (Å²) in [6.45, 7) is 2.14. The molecule has 0 aliphatic heterocycles. The summed E-state index contributed by atoms with van der Waals surface area (Å²) >= 11 is 0. The number of carbonyl (C=O) groups is 1. The van der Waals surface area contributed by atoms with Crippen LogP contribution in [0.2, 0.25) is 0 Å². The van der Waals surface area contributed by atoms with Crippen LogP contribution in [0.5, 0.6) is 0 Å². The topological polar surface area (TPSA) is 43.1 Å². The Kier molecular flexibility index (Phi) is 2.92. The summed E-state index contributed by atoms with van der Waals surface area (Å²) in [6.07, 6.45) is 5.76. The summed E-state index contributed by atoms with van der Waals surface area (Å²) < 4.78 is 0. The molecule has 0 aromatic rings. The minimum Gasteiger partial charge on any atom is -0.369 e. The Morgan fingerprint density at radius 3 is 2.64 bits per heavy atom. The summed E-state index contributed by atoms with van der Waals surface area (Å²) in [5.41, 5.74) is 5.28. The fourth-order valence-electron chi connectivity index (χ4n) is 1.53. The molecule has 0 saturated heterocycles. The molecule has 11 heavy (non-hydrogen) atoms. The zero-order chi connectivity index (χ0) is 8.27. The number of amides is 1. The van der Waals surface area contributed by atoms with Gasteiger partial charge in [-0.1, -0.05) is 19.8 Å². The Labute approximate surface area is 68.2 Å². The van der Waals surface area contributed by atoms with Gasteiger partial charge in [0.1, 0.15) is 0 Å². The predicted molar refractivity (Wildman–Crippen MR) is 44.9 cm³/mol. The van der Waals surface area contributed by atoms with E-state index in [2.05, 4.69) is 6.92 Å². The molecule has 1 unspecified atom stereocenters. The molecular formula is C9H17NO. The molecule has 1 aliphatic rings. The lowest BCUT2D eigenvalue weighted by molar-refractivity contribution is -0.122. The molecule has 2 heteroatoms. The van der Waals surface area contributed by atoms with E-state index in [1.54, 1.807) is 0 Å². The fourth-order valence-corrected chi connectivity index (χ4v) is 1.53. The van der Waals surface area contributed by atoms with Crippen molar-refractivity contribution in [3.05, 3.63) is 0 Å². The van der Waals surface area contributed by atoms with Gasteiger partial charge in [0.15, 0.2) is 0 Å². The van der Waals surface area contributed by atoms with Crippen LogP contribution in [-0.4, -0.2) is 5.91 Å². The first kappa shape index (κ1) is 8.57. The van der Waals surface area contributed by atoms with Crippen LogP contribution in [0.25, 0.3) is 0 Å². The van der Waals surface area contributed by atoms with Crippen LogP contribution in [0.15, 0.2) is 0 Å². The highest BCUT2D eigenvalue weighted by atomic mass is 16.1. The van der Waals surface area contributed by atoms with E-state index in [9.17, 15) is 4.79 Å². The van der Waals surface area contributed by atoms with Gasteiger partial charge in [-0.2, -0.15) is 0 Å². The van der Waals surface area contributed by atoms with E-state index >= 15 is 0 Å². The highest BCUT2D eigenvalue weighted by Crippen LogP contribution is 2.38. The third-order valence-corrected chi connectivity index (χ3v) is 2.43. The first-order valence-corrected chi connectivity index (χ1v) is 4.55. The highest BCUT2D eigenvalue weighted by molar-refractivity contribution is 5.77. The van der Waals surface area contributed by atoms with Crippen molar-refractivity contribution in [3.8, 4) is 0 Å². The number of hydrogen-bond donors (Lipinski definition) is 1. The highest BCUT2D eigenvalue weighted by Gasteiger charge is 2.33. The minimum atomic E-state index is -0.0825. The summed E-state index contributed by atoms with van der Waals surface area (Å²) in [6, 6.07) is 0. The number of nitrogens with two attached hydrogens (primary N) is 1. The molecule has 0 spiro atoms. The Morgan fingerprint density at radius 2 is 2.27 bits per heavy atom. The Bertz CT molecular complexity index is 140. The third kappa shape index (κ3) is 2.52. The van der Waals surface area contributed by atoms with Crippen LogP contribution in [0.4, 0.5) is 0 Å². The van der Waals surface area contributed by atoms with Crippen LogP contribution < -0.4 is 5.73 Å². The van der Waals surface area contributed by atoms with Crippen LogP contribution in [-0.2, 0) is 4.79 Å². The Morgan fingerprint density at radius 1 is 1.64 bits per heavy atom. The number of rotatable bonds is 5. The van der Waals surface area contributed by atoms with Gasteiger partial charge in [0.05, 0.1) is 0 Å². The summed E-state index contributed by atoms with van der Waals surface area (Å²) in [4.78, 5) is 10.9. The quantitative estimate of drug-likeness (QED) is 0.645. The number of carbonyl (C=O) groups excluding carboxylic acids is 1. The average Bonchev–Trinajstić information content (AvgIpc) is 2.71. The van der Waals surface area contributed by atoms with Crippen molar-refractivity contribution in [1.82, 2.24) is 0 Å². The van der Waals surface area contributed by atoms with Gasteiger partial charge in [0.2, 0.25) is 5.91 Å². The minimum absolute atomic E-state index is 0.0825. The predicted octanol–water partition coefficient (Wildman–Crippen LogP) is 1.69. The molecule has 0 aromatic carbocycles. The lowest BCUT2D eigenvalue weighted by atomic mass is 9.96. The van der Waals surface area contributed by atoms with Gasteiger partial charge in [-0.3, -0.25) is 4.79 Å². The lowest BCUT2D eigenvalue weighted by Crippen LogP contribution is -2.24. The SMILES string of the molecule is CCCCC(C(N)=O)C1CC1. The van der Waals surface area contributed by atoms with E-state index in [0.717, 1.165) is 19.3 Å². The fraction of sp³-hybridized carbons (Fsp3) is 0.889. The molecule has 1 amide bonds. The molecule has 64 valence electrons. The summed E-state index contributed by atoms with van der Waals surface area (Å²) in [7, 11) is 0. The van der Waals surface area contributed by atoms with Gasteiger partial charge in [-0.25, -0.2) is 0 Å². The average molecular weight is 155 g/mol. The standard InChI is InChI=1S/C9H17NO/c1-2-3-4-8(9(10)11)7-5-6-7/h7-8H,2-6H2,1H3,(H2,10,11). The first-order chi connectivity index (χ1) is 5.25. The van der Waals surface area contributed by atoms with E-state index < -0.39 is 0 Å². The second-order valence-corrected chi connectivity index (χ2v) is 3.49. The van der Waals surface area contributed by atoms with E-state index in [4.69, 9.17) is 5.73 Å². The smallest absolute Gasteiger partial charge is 0.220 e. The van der Waals surface area contributed by atoms with Gasteiger partial charge in [0.25, 0.3) is 0 Å². The van der Waals surface area contributed by atoms with E-state index in [1.165, 1.54) is 12.8 Å². The maximum absolute atomic E-state index is 10.9. The number of hydrogen-bond acceptors (Lipinski definition) is 1. The van der Waals surface area contributed by atoms with Crippen LogP contribution in [0.3, 0.4) is 0 Å². The molecule has 0 radical (unpaired) electrons. The lowest BCUT2D eigenvalue weighted by Gasteiger charge is -2.10. The first-order valence-electron chi connectivity index (χ1n) is 4.55. The largest absolute Gasteiger partial charge is 0.369 e. The van der Waals surface area contributed by atoms with Gasteiger partial charge >= 0.3 is 0 Å². The van der Waals surface area contributed by atoms with Crippen molar-refractivity contribution in [3.63, 3.8) is 0 Å². The van der Waals surface area contributed by atoms with Gasteiger partial charge in [0, 0.05) is 5.92 Å². The van der Waals surface area contributed by atoms with Crippen molar-refractivity contribution in [1.29, 1.82) is 0 Å². The van der Waals surface area contributed by atoms with E-state index in [1.807, 2.05) is 0 Å². The van der Waals surface area contributed by atoms with Crippen molar-refractivity contribution in [2.24, 2.45) is 17.6 Å². The van der Waals surface area contributed by atoms with Gasteiger partial charge < -0.3 is 5.73 Å². The molecule has 2 nitrogen and oxygen atoms in total. The maximum atomic E-state index is 10.9. The van der Waals surface area contributed by atoms with Crippen molar-refractivity contribution >= 4 is 5.91 Å². The monoisotopic (exact) mass is 155 g/mol. The maximum Gasteiger partial charge on any atom is 0.220 e. The van der Waals surface area contributed by atoms with Gasteiger partial charge in [-0.05, 0) is 25.2 Å². The van der Waals surface area contributed by atoms with Gasteiger partial charge in [-0.15, -0.1) is 0 Å². The molecule has 1 saturated carbocycles. The van der Waals surface area contributed by atoms with Crippen LogP contribution >= 0.6 is 0 Å². The third-order valence-electron chi connectivity index (χ3n) is 2.43. The molecule has 1 atom stereocenters. The van der Waals surface area contributed by atoms with Crippen molar-refractivity contribution < 1.29 is 4.79 Å². The molecular weight excluding hydrogens is 138 g/mol. The molecule has 0 bridgehead atoms. The van der Waals surface area contributed by atoms with Crippen molar-refractivity contribution in [2.75, 3.05) is 0 Å². The van der Waals surface area contributed by atoms with E-state index in [-0.39, 0.29) is 11.8 Å². The molecule has 0 heterocycles. The summed E-state index contributed by atoms with van der Waals surface area (Å²) in [5, 5.41) is 0. The second-order valence-electron chi connectivity index (χ2n) is 3.49. The normalized spacial score (nSPS) is 19.7. The molecule has 0 aromatic heterocycles. The molecule has 1 rings (SSSR count). The molecule has 2 N–H and O–H groups in total. The number of primary amides is 1. The number of unbranched alkanes of at least 4 members (excludes halogenated alkanes) is 1.